The number of methoxy groups -OCH3 is 1. The van der Waals surface area contributed by atoms with E-state index in [0.29, 0.717) is 17.5 Å². The van der Waals surface area contributed by atoms with E-state index in [2.05, 4.69) is 0 Å². The zero-order valence-corrected chi connectivity index (χ0v) is 21.9. The molecule has 1 aliphatic rings. The van der Waals surface area contributed by atoms with Gasteiger partial charge in [-0.1, -0.05) is 11.8 Å². The summed E-state index contributed by atoms with van der Waals surface area (Å²) < 4.78 is 37.6. The number of thioether (sulfide) groups is 1. The predicted molar refractivity (Wildman–Crippen MR) is 129 cm³/mol. The van der Waals surface area contributed by atoms with Gasteiger partial charge in [-0.05, 0) is 18.2 Å². The van der Waals surface area contributed by atoms with E-state index in [-0.39, 0.29) is 15.9 Å². The molecule has 2 heterocycles. The Morgan fingerprint density at radius 2 is 1.53 bits per heavy atom. The minimum Gasteiger partial charge on any atom is -0.506 e. The lowest BCUT2D eigenvalue weighted by Crippen LogP contribution is -2.61. The van der Waals surface area contributed by atoms with E-state index in [4.69, 9.17) is 32.8 Å². The Balaban J connectivity index is 2.11. The number of carbonyl (C=O) groups excluding carboxylic acids is 4. The number of hydrogen-bond donors (Lipinski definition) is 1. The Kier molecular flexibility index (Phi) is 9.22. The van der Waals surface area contributed by atoms with Gasteiger partial charge in [0.2, 0.25) is 0 Å². The molecule has 1 N–H and O–H groups in total. The number of hydrogen-bond acceptors (Lipinski definition) is 14. The van der Waals surface area contributed by atoms with E-state index >= 15 is 0 Å². The summed E-state index contributed by atoms with van der Waals surface area (Å²) in [6.45, 7) is 3.98. The summed E-state index contributed by atoms with van der Waals surface area (Å²) in [6.07, 6.45) is -5.44. The molecule has 1 fully saturated rings. The van der Waals surface area contributed by atoms with Gasteiger partial charge in [-0.25, -0.2) is 4.79 Å². The number of rotatable bonds is 8. The molecular formula is C24H26O13S. The fourth-order valence-electron chi connectivity index (χ4n) is 3.78. The van der Waals surface area contributed by atoms with E-state index in [9.17, 15) is 29.1 Å². The van der Waals surface area contributed by atoms with Crippen LogP contribution in [0.1, 0.15) is 27.7 Å². The highest BCUT2D eigenvalue weighted by Gasteiger charge is 2.53. The van der Waals surface area contributed by atoms with Crippen LogP contribution in [0.15, 0.2) is 32.3 Å². The summed E-state index contributed by atoms with van der Waals surface area (Å²) in [5.41, 5.74) is -2.18. The topological polar surface area (TPSA) is 174 Å². The largest absolute Gasteiger partial charge is 0.506 e. The second-order valence-corrected chi connectivity index (χ2v) is 9.22. The van der Waals surface area contributed by atoms with Crippen molar-refractivity contribution in [2.45, 2.75) is 62.4 Å². The van der Waals surface area contributed by atoms with Crippen LogP contribution in [0.3, 0.4) is 0 Å². The third-order valence-corrected chi connectivity index (χ3v) is 6.43. The summed E-state index contributed by atoms with van der Waals surface area (Å²) >= 11 is 0.617. The fraction of sp³-hybridized carbons (Fsp3) is 0.458. The zero-order valence-electron chi connectivity index (χ0n) is 21.1. The van der Waals surface area contributed by atoms with Crippen LogP contribution in [-0.2, 0) is 42.9 Å². The van der Waals surface area contributed by atoms with E-state index in [0.717, 1.165) is 27.7 Å². The molecule has 13 nitrogen and oxygen atoms in total. The first kappa shape index (κ1) is 28.8. The Morgan fingerprint density at radius 3 is 2.11 bits per heavy atom. The average molecular weight is 555 g/mol. The van der Waals surface area contributed by atoms with Crippen molar-refractivity contribution in [2.24, 2.45) is 0 Å². The molecule has 3 rings (SSSR count). The van der Waals surface area contributed by atoms with Gasteiger partial charge in [-0.15, -0.1) is 0 Å². The van der Waals surface area contributed by atoms with Crippen molar-refractivity contribution in [2.75, 3.05) is 13.7 Å². The molecule has 0 bridgehead atoms. The highest BCUT2D eigenvalue weighted by Crippen LogP contribution is 2.41. The zero-order chi connectivity index (χ0) is 28.1. The SMILES string of the molecule is COc1ccc2oc(=O)c(S[C@@H]3O[C@H](COC(C)=O)[C@@H](OC(C)=O)[C@@H](OC(C)=O)[C@H]3OC(C)=O)c(O)c2c1. The van der Waals surface area contributed by atoms with Gasteiger partial charge in [-0.2, -0.15) is 0 Å². The Labute approximate surface area is 220 Å². The van der Waals surface area contributed by atoms with Crippen molar-refractivity contribution in [3.63, 3.8) is 0 Å². The lowest BCUT2D eigenvalue weighted by molar-refractivity contribution is -0.237. The van der Waals surface area contributed by atoms with Gasteiger partial charge in [0, 0.05) is 27.7 Å². The lowest BCUT2D eigenvalue weighted by atomic mass is 9.99. The first-order valence-corrected chi connectivity index (χ1v) is 12.1. The molecule has 1 aromatic carbocycles. The summed E-state index contributed by atoms with van der Waals surface area (Å²) in [4.78, 5) is 59.8. The van der Waals surface area contributed by atoms with Crippen molar-refractivity contribution >= 4 is 46.6 Å². The normalized spacial score (nSPS) is 22.8. The van der Waals surface area contributed by atoms with E-state index in [1.54, 1.807) is 0 Å². The average Bonchev–Trinajstić information content (AvgIpc) is 2.82. The van der Waals surface area contributed by atoms with Crippen molar-refractivity contribution in [3.05, 3.63) is 28.6 Å². The molecule has 2 aromatic rings. The minimum absolute atomic E-state index is 0.0826. The first-order valence-electron chi connectivity index (χ1n) is 11.2. The van der Waals surface area contributed by atoms with Crippen LogP contribution in [0.5, 0.6) is 11.5 Å². The molecule has 0 amide bonds. The van der Waals surface area contributed by atoms with Crippen molar-refractivity contribution in [1.82, 2.24) is 0 Å². The van der Waals surface area contributed by atoms with Gasteiger partial charge in [0.1, 0.15) is 40.1 Å². The van der Waals surface area contributed by atoms with Gasteiger partial charge in [0.15, 0.2) is 18.3 Å². The quantitative estimate of drug-likeness (QED) is 0.283. The van der Waals surface area contributed by atoms with E-state index in [1.807, 2.05) is 0 Å². The van der Waals surface area contributed by atoms with Gasteiger partial charge in [0.25, 0.3) is 0 Å². The molecule has 0 aliphatic carbocycles. The van der Waals surface area contributed by atoms with Crippen LogP contribution in [0.25, 0.3) is 11.0 Å². The predicted octanol–water partition coefficient (Wildman–Crippen LogP) is 1.68. The fourth-order valence-corrected chi connectivity index (χ4v) is 4.91. The number of esters is 4. The maximum atomic E-state index is 12.8. The lowest BCUT2D eigenvalue weighted by Gasteiger charge is -2.44. The molecule has 14 heteroatoms. The number of carbonyl (C=O) groups is 4. The van der Waals surface area contributed by atoms with Crippen molar-refractivity contribution in [3.8, 4) is 11.5 Å². The Morgan fingerprint density at radius 1 is 0.921 bits per heavy atom. The highest BCUT2D eigenvalue weighted by molar-refractivity contribution is 8.00. The smallest absolute Gasteiger partial charge is 0.353 e. The van der Waals surface area contributed by atoms with Gasteiger partial charge in [0.05, 0.1) is 12.5 Å². The van der Waals surface area contributed by atoms with Crippen molar-refractivity contribution in [1.29, 1.82) is 0 Å². The monoisotopic (exact) mass is 554 g/mol. The van der Waals surface area contributed by atoms with Crippen LogP contribution >= 0.6 is 11.8 Å². The second kappa shape index (κ2) is 12.2. The molecule has 1 aromatic heterocycles. The number of ether oxygens (including phenoxy) is 6. The van der Waals surface area contributed by atoms with E-state index in [1.165, 1.54) is 25.3 Å². The molecule has 206 valence electrons. The maximum Gasteiger partial charge on any atom is 0.353 e. The summed E-state index contributed by atoms with van der Waals surface area (Å²) in [6, 6.07) is 4.43. The van der Waals surface area contributed by atoms with Crippen LogP contribution < -0.4 is 10.4 Å². The Hall–Kier alpha value is -3.78. The summed E-state index contributed by atoms with van der Waals surface area (Å²) in [5, 5.41) is 11.1. The molecule has 1 saturated heterocycles. The summed E-state index contributed by atoms with van der Waals surface area (Å²) in [5.74, 6) is -3.15. The molecule has 0 spiro atoms. The molecular weight excluding hydrogens is 528 g/mol. The van der Waals surface area contributed by atoms with Gasteiger partial charge >= 0.3 is 29.5 Å². The number of benzene rings is 1. The second-order valence-electron chi connectivity index (χ2n) is 8.11. The van der Waals surface area contributed by atoms with Crippen molar-refractivity contribution < 1.29 is 57.1 Å². The van der Waals surface area contributed by atoms with Gasteiger partial charge < -0.3 is 37.9 Å². The van der Waals surface area contributed by atoms with Crippen LogP contribution in [0.2, 0.25) is 0 Å². The van der Waals surface area contributed by atoms with Crippen LogP contribution in [0.4, 0.5) is 0 Å². The minimum atomic E-state index is -1.43. The molecule has 1 aliphatic heterocycles. The van der Waals surface area contributed by atoms with E-state index < -0.39 is 71.7 Å². The Bertz CT molecular complexity index is 1290. The van der Waals surface area contributed by atoms with Crippen LogP contribution in [0, 0.1) is 0 Å². The van der Waals surface area contributed by atoms with Crippen LogP contribution in [-0.4, -0.2) is 72.6 Å². The standard InChI is InChI=1S/C24H26O13S/c1-10(25)32-9-17-19(33-11(2)26)20(34-12(3)27)21(35-13(4)28)24(37-17)38-22-18(29)15-8-14(31-5)6-7-16(15)36-23(22)30/h6-8,17,19-21,24,29H,9H2,1-5H3/t17-,19-,20-,21-,24+/m1/s1. The first-order chi connectivity index (χ1) is 17.9. The third-order valence-electron chi connectivity index (χ3n) is 5.23. The molecule has 0 saturated carbocycles. The molecule has 5 atom stereocenters. The summed E-state index contributed by atoms with van der Waals surface area (Å²) in [7, 11) is 1.42. The van der Waals surface area contributed by atoms with Gasteiger partial charge in [-0.3, -0.25) is 19.2 Å². The molecule has 0 unspecified atom stereocenters. The highest BCUT2D eigenvalue weighted by atomic mass is 32.2. The maximum absolute atomic E-state index is 12.8. The molecule has 38 heavy (non-hydrogen) atoms. The molecule has 0 radical (unpaired) electrons. The third kappa shape index (κ3) is 6.75. The number of fused-ring (bicyclic) bond motifs is 1. The number of aromatic hydroxyl groups is 1.